The van der Waals surface area contributed by atoms with Crippen molar-refractivity contribution in [1.29, 1.82) is 0 Å². The van der Waals surface area contributed by atoms with Gasteiger partial charge in [0.05, 0.1) is 17.4 Å². The van der Waals surface area contributed by atoms with Crippen LogP contribution in [0.4, 0.5) is 0 Å². The minimum atomic E-state index is -1.44. The monoisotopic (exact) mass is 354 g/mol. The van der Waals surface area contributed by atoms with E-state index in [1.165, 1.54) is 16.3 Å². The van der Waals surface area contributed by atoms with Crippen LogP contribution in [0.25, 0.3) is 32.9 Å². The number of nitrogens with zero attached hydrogens (tertiary/aromatic N) is 2. The first-order chi connectivity index (χ1) is 13.7. The van der Waals surface area contributed by atoms with Gasteiger partial charge in [-0.2, -0.15) is 0 Å². The van der Waals surface area contributed by atoms with Crippen molar-refractivity contribution in [1.82, 2.24) is 9.97 Å². The highest BCUT2D eigenvalue weighted by molar-refractivity contribution is 6.05. The van der Waals surface area contributed by atoms with Crippen LogP contribution in [0.2, 0.25) is 0 Å². The molecule has 0 saturated heterocycles. The minimum Gasteiger partial charge on any atom is -0.254 e. The standard InChI is InChI=1S/C25H24N2/c1-15(2)11-16-12-19-21(26-13-16)14-27-24-18-9-5-7-17-8-6-10-20(22(17)18)25(3,4)23(19)24/h5-10,12-15H,11H2,1-4H3/i11D2. The molecule has 0 unspecified atom stereocenters. The summed E-state index contributed by atoms with van der Waals surface area (Å²) in [6, 6.07) is 14.9. The molecule has 2 aromatic carbocycles. The van der Waals surface area contributed by atoms with Gasteiger partial charge in [-0.3, -0.25) is 9.97 Å². The predicted molar refractivity (Wildman–Crippen MR) is 113 cm³/mol. The molecule has 0 radical (unpaired) electrons. The van der Waals surface area contributed by atoms with Crippen LogP contribution in [0.5, 0.6) is 0 Å². The van der Waals surface area contributed by atoms with E-state index >= 15 is 0 Å². The number of hydrogen-bond acceptors (Lipinski definition) is 2. The van der Waals surface area contributed by atoms with Crippen LogP contribution < -0.4 is 0 Å². The van der Waals surface area contributed by atoms with Gasteiger partial charge in [0.25, 0.3) is 0 Å². The Morgan fingerprint density at radius 2 is 1.81 bits per heavy atom. The Morgan fingerprint density at radius 3 is 2.59 bits per heavy atom. The van der Waals surface area contributed by atoms with Crippen LogP contribution >= 0.6 is 0 Å². The van der Waals surface area contributed by atoms with Gasteiger partial charge in [-0.1, -0.05) is 64.1 Å². The van der Waals surface area contributed by atoms with E-state index in [4.69, 9.17) is 7.73 Å². The third-order valence-corrected chi connectivity index (χ3v) is 5.65. The Balaban J connectivity index is 1.91. The average Bonchev–Trinajstić information content (AvgIpc) is 2.70. The largest absolute Gasteiger partial charge is 0.254 e. The Morgan fingerprint density at radius 1 is 1.04 bits per heavy atom. The molecule has 0 N–H and O–H groups in total. The van der Waals surface area contributed by atoms with Gasteiger partial charge >= 0.3 is 0 Å². The molecule has 134 valence electrons. The molecule has 0 aliphatic heterocycles. The molecular weight excluding hydrogens is 328 g/mol. The van der Waals surface area contributed by atoms with Crippen LogP contribution in [0, 0.1) is 5.92 Å². The highest BCUT2D eigenvalue weighted by Gasteiger charge is 2.35. The highest BCUT2D eigenvalue weighted by Crippen LogP contribution is 2.49. The fourth-order valence-corrected chi connectivity index (χ4v) is 4.54. The molecule has 2 heterocycles. The second kappa shape index (κ2) is 5.63. The van der Waals surface area contributed by atoms with E-state index < -0.39 is 6.37 Å². The molecule has 2 nitrogen and oxygen atoms in total. The number of hydrogen-bond donors (Lipinski definition) is 0. The van der Waals surface area contributed by atoms with Crippen molar-refractivity contribution >= 4 is 21.7 Å². The van der Waals surface area contributed by atoms with Crippen molar-refractivity contribution in [2.75, 3.05) is 0 Å². The van der Waals surface area contributed by atoms with Crippen LogP contribution in [-0.2, 0) is 11.8 Å². The van der Waals surface area contributed by atoms with Crippen LogP contribution in [0.3, 0.4) is 0 Å². The van der Waals surface area contributed by atoms with E-state index in [1.54, 1.807) is 6.20 Å². The third kappa shape index (κ3) is 2.32. The molecule has 0 bridgehead atoms. The van der Waals surface area contributed by atoms with Crippen molar-refractivity contribution in [3.63, 3.8) is 0 Å². The summed E-state index contributed by atoms with van der Waals surface area (Å²) in [7, 11) is 0. The summed E-state index contributed by atoms with van der Waals surface area (Å²) in [4.78, 5) is 9.44. The van der Waals surface area contributed by atoms with Gasteiger partial charge in [0.2, 0.25) is 0 Å². The van der Waals surface area contributed by atoms with Gasteiger partial charge in [0.1, 0.15) is 0 Å². The molecule has 0 amide bonds. The number of benzene rings is 2. The maximum atomic E-state index is 8.56. The highest BCUT2D eigenvalue weighted by atomic mass is 14.8. The third-order valence-electron chi connectivity index (χ3n) is 5.65. The van der Waals surface area contributed by atoms with E-state index in [1.807, 2.05) is 26.1 Å². The molecule has 0 saturated carbocycles. The molecule has 0 spiro atoms. The van der Waals surface area contributed by atoms with Crippen molar-refractivity contribution in [3.05, 3.63) is 71.5 Å². The van der Waals surface area contributed by atoms with Gasteiger partial charge in [0, 0.05) is 25.3 Å². The van der Waals surface area contributed by atoms with Crippen LogP contribution in [-0.4, -0.2) is 9.97 Å². The first-order valence-corrected chi connectivity index (χ1v) is 9.55. The molecule has 5 rings (SSSR count). The van der Waals surface area contributed by atoms with Gasteiger partial charge < -0.3 is 0 Å². The summed E-state index contributed by atoms with van der Waals surface area (Å²) in [6.07, 6.45) is 2.06. The predicted octanol–water partition coefficient (Wildman–Crippen LogP) is 6.29. The van der Waals surface area contributed by atoms with E-state index in [9.17, 15) is 0 Å². The fraction of sp³-hybridized carbons (Fsp3) is 0.280. The molecule has 2 aromatic heterocycles. The average molecular weight is 354 g/mol. The zero-order valence-electron chi connectivity index (χ0n) is 18.2. The molecule has 1 aliphatic carbocycles. The molecule has 0 fully saturated rings. The lowest BCUT2D eigenvalue weighted by molar-refractivity contribution is 0.642. The second-order valence-electron chi connectivity index (χ2n) is 8.27. The smallest absolute Gasteiger partial charge is 0.0888 e. The van der Waals surface area contributed by atoms with Crippen LogP contribution in [0.1, 0.15) is 47.1 Å². The van der Waals surface area contributed by atoms with E-state index in [0.717, 1.165) is 27.7 Å². The van der Waals surface area contributed by atoms with Crippen molar-refractivity contribution in [2.24, 2.45) is 5.92 Å². The SMILES string of the molecule is [2H]C([2H])(c1cnc2cnc3c(c2c1)C(C)(C)c1cccc2cccc-3c12)C(C)C. The fourth-order valence-electron chi connectivity index (χ4n) is 4.54. The normalized spacial score (nSPS) is 16.3. The maximum absolute atomic E-state index is 8.56. The zero-order valence-corrected chi connectivity index (χ0v) is 16.2. The number of aromatic nitrogens is 2. The maximum Gasteiger partial charge on any atom is 0.0888 e. The summed E-state index contributed by atoms with van der Waals surface area (Å²) in [5.74, 6) is -0.137. The first kappa shape index (κ1) is 14.3. The Bertz CT molecular complexity index is 1280. The number of pyridine rings is 2. The van der Waals surface area contributed by atoms with E-state index in [2.05, 4.69) is 55.2 Å². The van der Waals surface area contributed by atoms with Crippen molar-refractivity contribution < 1.29 is 2.74 Å². The summed E-state index contributed by atoms with van der Waals surface area (Å²) >= 11 is 0. The van der Waals surface area contributed by atoms with Crippen molar-refractivity contribution in [3.8, 4) is 11.3 Å². The number of rotatable bonds is 2. The zero-order chi connectivity index (χ0) is 20.6. The molecule has 1 aliphatic rings. The quantitative estimate of drug-likeness (QED) is 0.423. The molecular formula is C25H24N2. The first-order valence-electron chi connectivity index (χ1n) is 10.5. The van der Waals surface area contributed by atoms with Gasteiger partial charge in [-0.05, 0) is 45.8 Å². The van der Waals surface area contributed by atoms with Gasteiger partial charge in [-0.25, -0.2) is 0 Å². The Kier molecular flexibility index (Phi) is 2.99. The molecule has 4 aromatic rings. The Labute approximate surface area is 163 Å². The van der Waals surface area contributed by atoms with Gasteiger partial charge in [-0.15, -0.1) is 0 Å². The Hall–Kier alpha value is -2.74. The lowest BCUT2D eigenvalue weighted by Crippen LogP contribution is -2.25. The van der Waals surface area contributed by atoms with Gasteiger partial charge in [0.15, 0.2) is 0 Å². The van der Waals surface area contributed by atoms with Crippen molar-refractivity contribution in [2.45, 2.75) is 39.5 Å². The molecule has 27 heavy (non-hydrogen) atoms. The lowest BCUT2D eigenvalue weighted by atomic mass is 9.69. The summed E-state index contributed by atoms with van der Waals surface area (Å²) in [5.41, 5.74) is 5.72. The number of fused-ring (bicyclic) bond motifs is 4. The molecule has 0 atom stereocenters. The molecule has 2 heteroatoms. The summed E-state index contributed by atoms with van der Waals surface area (Å²) in [5, 5.41) is 3.48. The summed E-state index contributed by atoms with van der Waals surface area (Å²) in [6.45, 7) is 8.29. The second-order valence-corrected chi connectivity index (χ2v) is 8.27. The lowest BCUT2D eigenvalue weighted by Gasteiger charge is -2.35. The summed E-state index contributed by atoms with van der Waals surface area (Å²) < 4.78 is 17.1. The van der Waals surface area contributed by atoms with E-state index in [-0.39, 0.29) is 11.3 Å². The minimum absolute atomic E-state index is 0.137. The topological polar surface area (TPSA) is 25.8 Å². The van der Waals surface area contributed by atoms with E-state index in [0.29, 0.717) is 5.56 Å². The van der Waals surface area contributed by atoms with Crippen LogP contribution in [0.15, 0.2) is 54.9 Å².